The highest BCUT2D eigenvalue weighted by atomic mass is 32.2. The van der Waals surface area contributed by atoms with Crippen molar-refractivity contribution < 1.29 is 14.3 Å². The maximum Gasteiger partial charge on any atom is 0.316 e. The Morgan fingerprint density at radius 3 is 2.29 bits per heavy atom. The van der Waals surface area contributed by atoms with Crippen LogP contribution in [0.1, 0.15) is 0 Å². The first kappa shape index (κ1) is 17.6. The molecule has 0 aliphatic carbocycles. The summed E-state index contributed by atoms with van der Waals surface area (Å²) >= 11 is 1.34. The van der Waals surface area contributed by atoms with Gasteiger partial charge in [0.1, 0.15) is 6.54 Å². The number of nitrogens with zero attached hydrogens (tertiary/aromatic N) is 2. The Balaban J connectivity index is 1.84. The number of hydrogen-bond acceptors (Lipinski definition) is 5. The number of thioether (sulfide) groups is 1. The first-order chi connectivity index (χ1) is 11.7. The molecule has 0 unspecified atom stereocenters. The maximum absolute atomic E-state index is 12.2. The molecule has 0 bridgehead atoms. The second-order valence-electron chi connectivity index (χ2n) is 4.74. The molecule has 2 rings (SSSR count). The van der Waals surface area contributed by atoms with Crippen molar-refractivity contribution in [1.29, 1.82) is 5.26 Å². The summed E-state index contributed by atoms with van der Waals surface area (Å²) in [6.07, 6.45) is 0. The molecule has 0 aromatic heterocycles. The standard InChI is InChI=1S/C18H16N2O3S/c19-11-12-20(15-7-3-1-4-8-15)17(21)13-23-18(22)14-24-16-9-5-2-6-10-16/h1-10H,12-14H2. The number of carbonyl (C=O) groups excluding carboxylic acids is 2. The zero-order chi connectivity index (χ0) is 17.2. The molecule has 24 heavy (non-hydrogen) atoms. The summed E-state index contributed by atoms with van der Waals surface area (Å²) in [6, 6.07) is 20.2. The van der Waals surface area contributed by atoms with E-state index >= 15 is 0 Å². The van der Waals surface area contributed by atoms with E-state index in [2.05, 4.69) is 0 Å². The molecule has 0 radical (unpaired) electrons. The molecular formula is C18H16N2O3S. The first-order valence-corrected chi connectivity index (χ1v) is 8.25. The minimum Gasteiger partial charge on any atom is -0.455 e. The number of nitriles is 1. The van der Waals surface area contributed by atoms with E-state index in [1.807, 2.05) is 42.5 Å². The van der Waals surface area contributed by atoms with E-state index in [0.29, 0.717) is 5.69 Å². The van der Waals surface area contributed by atoms with Crippen LogP contribution in [-0.4, -0.2) is 30.8 Å². The van der Waals surface area contributed by atoms with E-state index in [1.165, 1.54) is 16.7 Å². The fraction of sp³-hybridized carbons (Fsp3) is 0.167. The Hall–Kier alpha value is -2.78. The zero-order valence-corrected chi connectivity index (χ0v) is 13.7. The third-order valence-corrected chi connectivity index (χ3v) is 4.04. The van der Waals surface area contributed by atoms with Crippen LogP contribution in [0.15, 0.2) is 65.6 Å². The van der Waals surface area contributed by atoms with Gasteiger partial charge in [-0.3, -0.25) is 14.5 Å². The number of benzene rings is 2. The van der Waals surface area contributed by atoms with Crippen LogP contribution in [0.5, 0.6) is 0 Å². The maximum atomic E-state index is 12.2. The lowest BCUT2D eigenvalue weighted by molar-refractivity contribution is -0.145. The highest BCUT2D eigenvalue weighted by Gasteiger charge is 2.17. The van der Waals surface area contributed by atoms with Gasteiger partial charge in [-0.05, 0) is 24.3 Å². The van der Waals surface area contributed by atoms with Crippen molar-refractivity contribution in [3.05, 3.63) is 60.7 Å². The summed E-state index contributed by atoms with van der Waals surface area (Å²) < 4.78 is 5.01. The van der Waals surface area contributed by atoms with E-state index < -0.39 is 11.9 Å². The predicted molar refractivity (Wildman–Crippen MR) is 92.5 cm³/mol. The fourth-order valence-electron chi connectivity index (χ4n) is 1.92. The Kier molecular flexibility index (Phi) is 6.87. The molecule has 6 heteroatoms. The molecule has 2 aromatic carbocycles. The third-order valence-electron chi connectivity index (χ3n) is 3.05. The number of esters is 1. The summed E-state index contributed by atoms with van der Waals surface area (Å²) in [5.41, 5.74) is 0.596. The van der Waals surface area contributed by atoms with Gasteiger partial charge in [-0.2, -0.15) is 5.26 Å². The van der Waals surface area contributed by atoms with Crippen molar-refractivity contribution in [3.8, 4) is 6.07 Å². The monoisotopic (exact) mass is 340 g/mol. The number of ether oxygens (including phenoxy) is 1. The number of para-hydroxylation sites is 1. The molecule has 0 atom stereocenters. The van der Waals surface area contributed by atoms with Crippen molar-refractivity contribution in [2.45, 2.75) is 4.90 Å². The van der Waals surface area contributed by atoms with Gasteiger partial charge in [-0.1, -0.05) is 36.4 Å². The average molecular weight is 340 g/mol. The van der Waals surface area contributed by atoms with Crippen LogP contribution in [0.4, 0.5) is 5.69 Å². The number of amides is 1. The van der Waals surface area contributed by atoms with Crippen LogP contribution in [0.3, 0.4) is 0 Å². The van der Waals surface area contributed by atoms with E-state index in [9.17, 15) is 9.59 Å². The molecule has 0 saturated heterocycles. The van der Waals surface area contributed by atoms with Gasteiger partial charge >= 0.3 is 5.97 Å². The normalized spacial score (nSPS) is 9.79. The zero-order valence-electron chi connectivity index (χ0n) is 12.9. The van der Waals surface area contributed by atoms with Gasteiger partial charge in [0.15, 0.2) is 6.61 Å². The lowest BCUT2D eigenvalue weighted by Crippen LogP contribution is -2.35. The fourth-order valence-corrected chi connectivity index (χ4v) is 2.64. The third kappa shape index (κ3) is 5.45. The van der Waals surface area contributed by atoms with E-state index in [-0.39, 0.29) is 18.9 Å². The Morgan fingerprint density at radius 1 is 1.04 bits per heavy atom. The molecule has 2 aromatic rings. The molecule has 122 valence electrons. The largest absolute Gasteiger partial charge is 0.455 e. The second kappa shape index (κ2) is 9.38. The van der Waals surface area contributed by atoms with Crippen molar-refractivity contribution in [1.82, 2.24) is 0 Å². The molecule has 0 aliphatic heterocycles. The van der Waals surface area contributed by atoms with Crippen molar-refractivity contribution in [2.75, 3.05) is 23.8 Å². The SMILES string of the molecule is N#CCN(C(=O)COC(=O)CSc1ccccc1)c1ccccc1. The van der Waals surface area contributed by atoms with E-state index in [1.54, 1.807) is 24.3 Å². The summed E-state index contributed by atoms with van der Waals surface area (Å²) in [7, 11) is 0. The summed E-state index contributed by atoms with van der Waals surface area (Å²) in [5.74, 6) is -0.774. The molecule has 5 nitrogen and oxygen atoms in total. The summed E-state index contributed by atoms with van der Waals surface area (Å²) in [6.45, 7) is -0.482. The number of hydrogen-bond donors (Lipinski definition) is 0. The van der Waals surface area contributed by atoms with Gasteiger partial charge in [0.05, 0.1) is 11.8 Å². The van der Waals surface area contributed by atoms with Crippen LogP contribution in [0, 0.1) is 11.3 Å². The van der Waals surface area contributed by atoms with Crippen molar-refractivity contribution >= 4 is 29.3 Å². The van der Waals surface area contributed by atoms with Crippen molar-refractivity contribution in [3.63, 3.8) is 0 Å². The lowest BCUT2D eigenvalue weighted by Gasteiger charge is -2.19. The Labute approximate surface area is 144 Å². The number of anilines is 1. The minimum atomic E-state index is -0.470. The minimum absolute atomic E-state index is 0.0981. The molecule has 0 aliphatic rings. The lowest BCUT2D eigenvalue weighted by atomic mass is 10.3. The van der Waals surface area contributed by atoms with Gasteiger partial charge in [-0.15, -0.1) is 11.8 Å². The van der Waals surface area contributed by atoms with Crippen LogP contribution < -0.4 is 4.90 Å². The Bertz CT molecular complexity index is 714. The topological polar surface area (TPSA) is 70.4 Å². The predicted octanol–water partition coefficient (Wildman–Crippen LogP) is 2.88. The summed E-state index contributed by atoms with van der Waals surface area (Å²) in [5, 5.41) is 8.88. The van der Waals surface area contributed by atoms with Crippen molar-refractivity contribution in [2.24, 2.45) is 0 Å². The average Bonchev–Trinajstić information content (AvgIpc) is 2.64. The quantitative estimate of drug-likeness (QED) is 0.440. The van der Waals surface area contributed by atoms with Gasteiger partial charge < -0.3 is 4.74 Å². The molecule has 0 heterocycles. The smallest absolute Gasteiger partial charge is 0.316 e. The van der Waals surface area contributed by atoms with Crippen LogP contribution >= 0.6 is 11.8 Å². The van der Waals surface area contributed by atoms with Gasteiger partial charge in [-0.25, -0.2) is 0 Å². The molecule has 0 saturated carbocycles. The van der Waals surface area contributed by atoms with Crippen LogP contribution in [-0.2, 0) is 14.3 Å². The van der Waals surface area contributed by atoms with Gasteiger partial charge in [0.25, 0.3) is 5.91 Å². The Morgan fingerprint density at radius 2 is 1.67 bits per heavy atom. The summed E-state index contributed by atoms with van der Waals surface area (Å²) in [4.78, 5) is 26.2. The molecule has 0 N–H and O–H groups in total. The molecule has 0 fully saturated rings. The van der Waals surface area contributed by atoms with Gasteiger partial charge in [0, 0.05) is 10.6 Å². The highest BCUT2D eigenvalue weighted by molar-refractivity contribution is 8.00. The van der Waals surface area contributed by atoms with E-state index in [0.717, 1.165) is 4.90 Å². The van der Waals surface area contributed by atoms with Crippen LogP contribution in [0.2, 0.25) is 0 Å². The second-order valence-corrected chi connectivity index (χ2v) is 5.78. The highest BCUT2D eigenvalue weighted by Crippen LogP contribution is 2.17. The molecule has 1 amide bonds. The first-order valence-electron chi connectivity index (χ1n) is 7.26. The molecule has 0 spiro atoms. The van der Waals surface area contributed by atoms with E-state index in [4.69, 9.17) is 10.00 Å². The number of carbonyl (C=O) groups is 2. The van der Waals surface area contributed by atoms with Gasteiger partial charge in [0.2, 0.25) is 0 Å². The number of rotatable bonds is 7. The van der Waals surface area contributed by atoms with Crippen LogP contribution in [0.25, 0.3) is 0 Å². The molecular weight excluding hydrogens is 324 g/mol.